The van der Waals surface area contributed by atoms with Gasteiger partial charge in [-0.05, 0) is 48.5 Å². The van der Waals surface area contributed by atoms with Crippen LogP contribution in [0.4, 0.5) is 11.4 Å². The van der Waals surface area contributed by atoms with E-state index in [1.165, 1.54) is 43.5 Å². The fraction of sp³-hybridized carbons (Fsp3) is 0.100. The maximum Gasteiger partial charge on any atom is 0.374 e. The van der Waals surface area contributed by atoms with Gasteiger partial charge in [0.2, 0.25) is 5.76 Å². The number of hydrogen-bond donors (Lipinski definition) is 1. The Morgan fingerprint density at radius 2 is 1.72 bits per heavy atom. The van der Waals surface area contributed by atoms with Crippen molar-refractivity contribution >= 4 is 23.3 Å². The van der Waals surface area contributed by atoms with Crippen LogP contribution in [0.2, 0.25) is 0 Å². The van der Waals surface area contributed by atoms with E-state index in [0.29, 0.717) is 22.8 Å². The first-order valence-electron chi connectivity index (χ1n) is 8.42. The highest BCUT2D eigenvalue weighted by Crippen LogP contribution is 2.25. The molecule has 1 N–H and O–H groups in total. The molecule has 0 fully saturated rings. The third kappa shape index (κ3) is 4.98. The van der Waals surface area contributed by atoms with Crippen molar-refractivity contribution in [2.24, 2.45) is 0 Å². The molecule has 29 heavy (non-hydrogen) atoms. The van der Waals surface area contributed by atoms with Crippen molar-refractivity contribution in [3.05, 3.63) is 76.5 Å². The summed E-state index contributed by atoms with van der Waals surface area (Å²) in [7, 11) is 1.54. The van der Waals surface area contributed by atoms with Crippen molar-refractivity contribution < 1.29 is 28.4 Å². The Morgan fingerprint density at radius 3 is 2.34 bits per heavy atom. The second kappa shape index (κ2) is 8.70. The van der Waals surface area contributed by atoms with Crippen molar-refractivity contribution in [2.45, 2.75) is 0 Å². The summed E-state index contributed by atoms with van der Waals surface area (Å²) in [6, 6.07) is 15.3. The highest BCUT2D eigenvalue weighted by Gasteiger charge is 2.16. The van der Waals surface area contributed by atoms with E-state index in [2.05, 4.69) is 5.32 Å². The molecule has 9 nitrogen and oxygen atoms in total. The van der Waals surface area contributed by atoms with Crippen LogP contribution in [-0.2, 0) is 9.53 Å². The normalized spacial score (nSPS) is 10.2. The molecule has 1 amide bonds. The van der Waals surface area contributed by atoms with Crippen LogP contribution >= 0.6 is 0 Å². The molecule has 3 aromatic rings. The molecule has 148 valence electrons. The topological polar surface area (TPSA) is 121 Å². The van der Waals surface area contributed by atoms with Gasteiger partial charge in [0.15, 0.2) is 6.61 Å². The van der Waals surface area contributed by atoms with Crippen LogP contribution in [0.15, 0.2) is 65.1 Å². The molecule has 0 unspecified atom stereocenters. The highest BCUT2D eigenvalue weighted by molar-refractivity contribution is 5.94. The zero-order valence-electron chi connectivity index (χ0n) is 15.3. The van der Waals surface area contributed by atoms with E-state index in [9.17, 15) is 19.7 Å². The van der Waals surface area contributed by atoms with Crippen molar-refractivity contribution in [1.29, 1.82) is 0 Å². The number of ether oxygens (including phenoxy) is 2. The number of methoxy groups -OCH3 is 1. The third-order valence-electron chi connectivity index (χ3n) is 3.88. The number of nitro benzene ring substituents is 1. The number of carbonyl (C=O) groups is 2. The van der Waals surface area contributed by atoms with Crippen LogP contribution in [0.1, 0.15) is 10.6 Å². The van der Waals surface area contributed by atoms with E-state index in [4.69, 9.17) is 13.9 Å². The maximum atomic E-state index is 12.1. The molecule has 9 heteroatoms. The minimum atomic E-state index is -0.803. The molecule has 0 saturated carbocycles. The Hall–Kier alpha value is -4.14. The van der Waals surface area contributed by atoms with Crippen LogP contribution in [0, 0.1) is 10.1 Å². The minimum Gasteiger partial charge on any atom is -0.497 e. The Balaban J connectivity index is 1.55. The summed E-state index contributed by atoms with van der Waals surface area (Å²) in [4.78, 5) is 34.2. The Morgan fingerprint density at radius 1 is 1.03 bits per heavy atom. The number of carbonyl (C=O) groups excluding carboxylic acids is 2. The minimum absolute atomic E-state index is 0.0530. The van der Waals surface area contributed by atoms with Gasteiger partial charge < -0.3 is 19.2 Å². The van der Waals surface area contributed by atoms with Gasteiger partial charge in [0.1, 0.15) is 11.5 Å². The molecule has 2 aromatic carbocycles. The van der Waals surface area contributed by atoms with Crippen LogP contribution in [-0.4, -0.2) is 30.5 Å². The first-order valence-corrected chi connectivity index (χ1v) is 8.42. The fourth-order valence-corrected chi connectivity index (χ4v) is 2.42. The number of nitrogens with zero attached hydrogens (tertiary/aromatic N) is 1. The summed E-state index contributed by atoms with van der Waals surface area (Å²) in [6.45, 7) is -0.488. The van der Waals surface area contributed by atoms with Crippen LogP contribution in [0.3, 0.4) is 0 Å². The largest absolute Gasteiger partial charge is 0.497 e. The molecular formula is C20H16N2O7. The maximum absolute atomic E-state index is 12.1. The quantitative estimate of drug-likeness (QED) is 0.367. The number of furan rings is 1. The molecule has 0 aliphatic rings. The number of benzene rings is 2. The molecule has 1 heterocycles. The molecule has 0 aliphatic carbocycles. The first-order chi connectivity index (χ1) is 14.0. The summed E-state index contributed by atoms with van der Waals surface area (Å²) in [5.41, 5.74) is 1.04. The Labute approximate surface area is 165 Å². The lowest BCUT2D eigenvalue weighted by Gasteiger charge is -2.06. The molecule has 1 aromatic heterocycles. The average Bonchev–Trinajstić information content (AvgIpc) is 3.23. The molecule has 0 saturated heterocycles. The van der Waals surface area contributed by atoms with E-state index in [1.807, 2.05) is 0 Å². The van der Waals surface area contributed by atoms with Crippen LogP contribution in [0.25, 0.3) is 11.3 Å². The van der Waals surface area contributed by atoms with Crippen molar-refractivity contribution in [3.8, 4) is 17.1 Å². The van der Waals surface area contributed by atoms with E-state index in [1.54, 1.807) is 24.3 Å². The third-order valence-corrected chi connectivity index (χ3v) is 3.88. The lowest BCUT2D eigenvalue weighted by molar-refractivity contribution is -0.384. The molecule has 0 atom stereocenters. The Bertz CT molecular complexity index is 1020. The number of non-ortho nitro benzene ring substituents is 1. The molecule has 0 radical (unpaired) electrons. The van der Waals surface area contributed by atoms with E-state index >= 15 is 0 Å². The number of esters is 1. The standard InChI is InChI=1S/C20H16N2O7/c1-27-16-8-4-14(5-9-16)21-19(23)12-28-20(24)18-11-10-17(29-18)13-2-6-15(7-3-13)22(25)26/h2-11H,12H2,1H3,(H,21,23). The van der Waals surface area contributed by atoms with Gasteiger partial charge in [0.25, 0.3) is 11.6 Å². The van der Waals surface area contributed by atoms with Gasteiger partial charge in [0.05, 0.1) is 12.0 Å². The molecule has 0 spiro atoms. The predicted octanol–water partition coefficient (Wildman–Crippen LogP) is 3.66. The predicted molar refractivity (Wildman–Crippen MR) is 103 cm³/mol. The molecule has 0 aliphatic heterocycles. The van der Waals surface area contributed by atoms with Gasteiger partial charge in [-0.15, -0.1) is 0 Å². The van der Waals surface area contributed by atoms with Crippen LogP contribution < -0.4 is 10.1 Å². The zero-order valence-corrected chi connectivity index (χ0v) is 15.3. The summed E-state index contributed by atoms with van der Waals surface area (Å²) >= 11 is 0. The summed E-state index contributed by atoms with van der Waals surface area (Å²) < 4.78 is 15.4. The number of anilines is 1. The van der Waals surface area contributed by atoms with E-state index < -0.39 is 23.4 Å². The number of nitro groups is 1. The smallest absolute Gasteiger partial charge is 0.374 e. The van der Waals surface area contributed by atoms with E-state index in [0.717, 1.165) is 0 Å². The average molecular weight is 396 g/mol. The van der Waals surface area contributed by atoms with Crippen molar-refractivity contribution in [2.75, 3.05) is 19.0 Å². The lowest BCUT2D eigenvalue weighted by atomic mass is 10.1. The lowest BCUT2D eigenvalue weighted by Crippen LogP contribution is -2.20. The first kappa shape index (κ1) is 19.6. The van der Waals surface area contributed by atoms with Gasteiger partial charge >= 0.3 is 5.97 Å². The fourth-order valence-electron chi connectivity index (χ4n) is 2.42. The van der Waals surface area contributed by atoms with Gasteiger partial charge in [-0.1, -0.05) is 0 Å². The Kier molecular flexibility index (Phi) is 5.88. The van der Waals surface area contributed by atoms with Gasteiger partial charge in [0, 0.05) is 23.4 Å². The monoisotopic (exact) mass is 396 g/mol. The molecule has 0 bridgehead atoms. The van der Waals surface area contributed by atoms with Crippen molar-refractivity contribution in [1.82, 2.24) is 0 Å². The SMILES string of the molecule is COc1ccc(NC(=O)COC(=O)c2ccc(-c3ccc([N+](=O)[O-])cc3)o2)cc1. The number of nitrogens with one attached hydrogen (secondary N) is 1. The van der Waals surface area contributed by atoms with Gasteiger partial charge in [-0.25, -0.2) is 4.79 Å². The van der Waals surface area contributed by atoms with Gasteiger partial charge in [-0.2, -0.15) is 0 Å². The number of amides is 1. The second-order valence-electron chi connectivity index (χ2n) is 5.82. The number of rotatable bonds is 7. The van der Waals surface area contributed by atoms with Crippen LogP contribution in [0.5, 0.6) is 5.75 Å². The summed E-state index contributed by atoms with van der Waals surface area (Å²) in [5.74, 6) is -0.407. The van der Waals surface area contributed by atoms with E-state index in [-0.39, 0.29) is 11.4 Å². The van der Waals surface area contributed by atoms with Gasteiger partial charge in [-0.3, -0.25) is 14.9 Å². The summed E-state index contributed by atoms with van der Waals surface area (Å²) in [5, 5.41) is 13.3. The second-order valence-corrected chi connectivity index (χ2v) is 5.82. The molecule has 3 rings (SSSR count). The summed E-state index contributed by atoms with van der Waals surface area (Å²) in [6.07, 6.45) is 0. The van der Waals surface area contributed by atoms with Crippen molar-refractivity contribution in [3.63, 3.8) is 0 Å². The zero-order chi connectivity index (χ0) is 20.8. The molecular weight excluding hydrogens is 380 g/mol. The number of hydrogen-bond acceptors (Lipinski definition) is 7. The highest BCUT2D eigenvalue weighted by atomic mass is 16.6.